The van der Waals surface area contributed by atoms with Crippen LogP contribution in [0.1, 0.15) is 41.1 Å². The van der Waals surface area contributed by atoms with E-state index in [2.05, 4.69) is 0 Å². The van der Waals surface area contributed by atoms with Crippen LogP contribution in [-0.4, -0.2) is 40.1 Å². The molecule has 1 heterocycles. The average molecular weight is 449 g/mol. The fourth-order valence-corrected chi connectivity index (χ4v) is 4.74. The number of thioether (sulfide) groups is 1. The van der Waals surface area contributed by atoms with Crippen molar-refractivity contribution in [2.24, 2.45) is 0 Å². The number of nitrogens with zero attached hydrogens (tertiary/aromatic N) is 2. The Labute approximate surface area is 183 Å². The van der Waals surface area contributed by atoms with Crippen LogP contribution in [0.3, 0.4) is 0 Å². The van der Waals surface area contributed by atoms with E-state index in [1.54, 1.807) is 18.2 Å². The van der Waals surface area contributed by atoms with E-state index >= 15 is 0 Å². The Kier molecular flexibility index (Phi) is 7.33. The van der Waals surface area contributed by atoms with Crippen LogP contribution in [-0.2, 0) is 9.53 Å². The lowest BCUT2D eigenvalue weighted by Gasteiger charge is -2.28. The van der Waals surface area contributed by atoms with Crippen LogP contribution in [0.25, 0.3) is 0 Å². The number of carbonyl (C=O) groups is 2. The van der Waals surface area contributed by atoms with E-state index in [-0.39, 0.29) is 11.3 Å². The number of non-ortho nitro benzene ring substituents is 1. The zero-order chi connectivity index (χ0) is 21.7. The Morgan fingerprint density at radius 1 is 1.27 bits per heavy atom. The lowest BCUT2D eigenvalue weighted by molar-refractivity contribution is -0.384. The van der Waals surface area contributed by atoms with Gasteiger partial charge in [0.25, 0.3) is 11.6 Å². The van der Waals surface area contributed by atoms with Crippen LogP contribution in [0.15, 0.2) is 48.5 Å². The normalized spacial score (nSPS) is 18.3. The minimum atomic E-state index is -0.751. The van der Waals surface area contributed by atoms with Crippen LogP contribution in [0.5, 0.6) is 0 Å². The van der Waals surface area contributed by atoms with E-state index in [1.165, 1.54) is 40.9 Å². The molecule has 1 saturated heterocycles. The van der Waals surface area contributed by atoms with Crippen molar-refractivity contribution in [1.29, 1.82) is 0 Å². The predicted molar refractivity (Wildman–Crippen MR) is 116 cm³/mol. The van der Waals surface area contributed by atoms with E-state index in [0.717, 1.165) is 18.4 Å². The maximum atomic E-state index is 13.3. The highest BCUT2D eigenvalue weighted by molar-refractivity contribution is 7.99. The summed E-state index contributed by atoms with van der Waals surface area (Å²) >= 11 is 7.59. The molecule has 0 saturated carbocycles. The van der Waals surface area contributed by atoms with E-state index in [0.29, 0.717) is 17.4 Å². The van der Waals surface area contributed by atoms with Gasteiger partial charge < -0.3 is 9.64 Å². The molecule has 0 bridgehead atoms. The number of esters is 1. The van der Waals surface area contributed by atoms with E-state index in [9.17, 15) is 19.7 Å². The molecule has 1 fully saturated rings. The number of halogens is 1. The third-order valence-electron chi connectivity index (χ3n) is 4.71. The number of rotatable bonds is 7. The predicted octanol–water partition coefficient (Wildman–Crippen LogP) is 4.85. The highest BCUT2D eigenvalue weighted by Crippen LogP contribution is 2.43. The second-order valence-electron chi connectivity index (χ2n) is 6.79. The fourth-order valence-electron chi connectivity index (χ4n) is 3.14. The number of nitro groups is 1. The first-order valence-electron chi connectivity index (χ1n) is 9.53. The Bertz CT molecular complexity index is 937. The van der Waals surface area contributed by atoms with Crippen molar-refractivity contribution in [2.45, 2.75) is 31.2 Å². The SMILES string of the molecule is CCCCOC(=O)C1CSC(c2cccc(Cl)c2)N1C(=O)c1ccc([N+](=O)[O-])cc1. The first-order chi connectivity index (χ1) is 14.4. The summed E-state index contributed by atoms with van der Waals surface area (Å²) in [6.45, 7) is 2.30. The molecular weight excluding hydrogens is 428 g/mol. The molecule has 9 heteroatoms. The molecule has 1 aliphatic heterocycles. The van der Waals surface area contributed by atoms with Crippen LogP contribution < -0.4 is 0 Å². The van der Waals surface area contributed by atoms with Crippen molar-refractivity contribution in [2.75, 3.05) is 12.4 Å². The highest BCUT2D eigenvalue weighted by atomic mass is 35.5. The Hall–Kier alpha value is -2.58. The number of nitro benzene ring substituents is 1. The molecule has 1 amide bonds. The van der Waals surface area contributed by atoms with Crippen molar-refractivity contribution in [3.8, 4) is 0 Å². The lowest BCUT2D eigenvalue weighted by atomic mass is 10.1. The van der Waals surface area contributed by atoms with E-state index in [4.69, 9.17) is 16.3 Å². The van der Waals surface area contributed by atoms with Crippen LogP contribution in [0, 0.1) is 10.1 Å². The number of ether oxygens (including phenoxy) is 1. The number of hydrogen-bond donors (Lipinski definition) is 0. The van der Waals surface area contributed by atoms with Gasteiger partial charge in [-0.1, -0.05) is 37.1 Å². The number of benzene rings is 2. The third-order valence-corrected chi connectivity index (χ3v) is 6.27. The van der Waals surface area contributed by atoms with E-state index < -0.39 is 28.2 Å². The van der Waals surface area contributed by atoms with Crippen LogP contribution in [0.4, 0.5) is 5.69 Å². The number of unbranched alkanes of at least 4 members (excludes halogenated alkanes) is 1. The maximum Gasteiger partial charge on any atom is 0.329 e. The molecule has 0 N–H and O–H groups in total. The van der Waals surface area contributed by atoms with E-state index in [1.807, 2.05) is 13.0 Å². The standard InChI is InChI=1S/C21H21ClN2O5S/c1-2-3-11-29-21(26)18-13-30-20(15-5-4-6-16(22)12-15)23(18)19(25)14-7-9-17(10-8-14)24(27)28/h4-10,12,18,20H,2-3,11,13H2,1H3. The molecule has 2 atom stereocenters. The van der Waals surface area contributed by atoms with Gasteiger partial charge in [0.2, 0.25) is 0 Å². The summed E-state index contributed by atoms with van der Waals surface area (Å²) in [5.41, 5.74) is 0.956. The zero-order valence-corrected chi connectivity index (χ0v) is 17.9. The second kappa shape index (κ2) is 9.95. The van der Waals surface area contributed by atoms with Gasteiger partial charge in [0, 0.05) is 28.5 Å². The van der Waals surface area contributed by atoms with Gasteiger partial charge in [0.1, 0.15) is 11.4 Å². The summed E-state index contributed by atoms with van der Waals surface area (Å²) in [6, 6.07) is 11.8. The fraction of sp³-hybridized carbons (Fsp3) is 0.333. The zero-order valence-electron chi connectivity index (χ0n) is 16.3. The first kappa shape index (κ1) is 22.1. The molecule has 2 aromatic carbocycles. The van der Waals surface area contributed by atoms with Gasteiger partial charge >= 0.3 is 5.97 Å². The van der Waals surface area contributed by atoms with Crippen LogP contribution >= 0.6 is 23.4 Å². The summed E-state index contributed by atoms with van der Waals surface area (Å²) in [5.74, 6) is -0.450. The molecule has 0 radical (unpaired) electrons. The van der Waals surface area contributed by atoms with Crippen molar-refractivity contribution in [3.05, 3.63) is 74.8 Å². The van der Waals surface area contributed by atoms with Gasteiger partial charge in [-0.15, -0.1) is 11.8 Å². The summed E-state index contributed by atoms with van der Waals surface area (Å²) < 4.78 is 5.38. The Morgan fingerprint density at radius 3 is 2.63 bits per heavy atom. The third kappa shape index (κ3) is 4.94. The quantitative estimate of drug-likeness (QED) is 0.260. The minimum Gasteiger partial charge on any atom is -0.464 e. The lowest BCUT2D eigenvalue weighted by Crippen LogP contribution is -2.44. The average Bonchev–Trinajstić information content (AvgIpc) is 3.18. The van der Waals surface area contributed by atoms with Gasteiger partial charge in [-0.05, 0) is 36.2 Å². The molecule has 158 valence electrons. The highest BCUT2D eigenvalue weighted by Gasteiger charge is 2.43. The molecule has 7 nitrogen and oxygen atoms in total. The smallest absolute Gasteiger partial charge is 0.329 e. The maximum absolute atomic E-state index is 13.3. The molecule has 0 aliphatic carbocycles. The second-order valence-corrected chi connectivity index (χ2v) is 8.34. The molecule has 30 heavy (non-hydrogen) atoms. The first-order valence-corrected chi connectivity index (χ1v) is 11.0. The van der Waals surface area contributed by atoms with Crippen molar-refractivity contribution in [3.63, 3.8) is 0 Å². The van der Waals surface area contributed by atoms with Gasteiger partial charge in [-0.25, -0.2) is 4.79 Å². The summed E-state index contributed by atoms with van der Waals surface area (Å²) in [6.07, 6.45) is 1.64. The monoisotopic (exact) mass is 448 g/mol. The summed E-state index contributed by atoms with van der Waals surface area (Å²) in [4.78, 5) is 37.9. The van der Waals surface area contributed by atoms with Crippen molar-refractivity contribution < 1.29 is 19.2 Å². The molecule has 1 aliphatic rings. The molecule has 2 unspecified atom stereocenters. The molecule has 0 aromatic heterocycles. The Balaban J connectivity index is 1.91. The number of amides is 1. The van der Waals surface area contributed by atoms with Gasteiger partial charge in [0.15, 0.2) is 0 Å². The molecule has 2 aromatic rings. The topological polar surface area (TPSA) is 89.8 Å². The molecule has 3 rings (SSSR count). The van der Waals surface area contributed by atoms with Gasteiger partial charge in [-0.2, -0.15) is 0 Å². The van der Waals surface area contributed by atoms with Crippen molar-refractivity contribution >= 4 is 40.9 Å². The minimum absolute atomic E-state index is 0.107. The summed E-state index contributed by atoms with van der Waals surface area (Å²) in [5, 5.41) is 11.0. The Morgan fingerprint density at radius 2 is 2.00 bits per heavy atom. The number of hydrogen-bond acceptors (Lipinski definition) is 6. The molecule has 0 spiro atoms. The van der Waals surface area contributed by atoms with Gasteiger partial charge in [0.05, 0.1) is 11.5 Å². The van der Waals surface area contributed by atoms with Gasteiger partial charge in [-0.3, -0.25) is 14.9 Å². The number of carbonyl (C=O) groups excluding carboxylic acids is 2. The van der Waals surface area contributed by atoms with Crippen LogP contribution in [0.2, 0.25) is 5.02 Å². The summed E-state index contributed by atoms with van der Waals surface area (Å²) in [7, 11) is 0. The largest absolute Gasteiger partial charge is 0.464 e. The van der Waals surface area contributed by atoms with Crippen molar-refractivity contribution in [1.82, 2.24) is 4.90 Å². The molecular formula is C21H21ClN2O5S.